The Balaban J connectivity index is 1.60. The maximum Gasteiger partial charge on any atom is 0.355 e. The van der Waals surface area contributed by atoms with E-state index in [9.17, 15) is 14.7 Å². The first-order valence-corrected chi connectivity index (χ1v) is 12.5. The van der Waals surface area contributed by atoms with Crippen molar-refractivity contribution in [1.29, 1.82) is 0 Å². The average Bonchev–Trinajstić information content (AvgIpc) is 3.64. The number of carboxylic acids is 1. The summed E-state index contributed by atoms with van der Waals surface area (Å²) in [5.74, 6) is 0.507. The minimum Gasteiger partial charge on any atom is -0.496 e. The van der Waals surface area contributed by atoms with Gasteiger partial charge in [0, 0.05) is 22.5 Å². The Kier molecular flexibility index (Phi) is 7.70. The Labute approximate surface area is 209 Å². The molecule has 0 atom stereocenters. The predicted octanol–water partition coefficient (Wildman–Crippen LogP) is 5.32. The Hall–Kier alpha value is -3.39. The number of nitrogens with zero attached hydrogens (tertiary/aromatic N) is 2. The number of hydrogen-bond acceptors (Lipinski definition) is 6. The molecule has 1 aromatic heterocycles. The summed E-state index contributed by atoms with van der Waals surface area (Å²) in [4.78, 5) is 31.8. The lowest BCUT2D eigenvalue weighted by atomic mass is 10.0. The maximum absolute atomic E-state index is 13.7. The van der Waals surface area contributed by atoms with Crippen LogP contribution < -0.4 is 9.47 Å². The van der Waals surface area contributed by atoms with Gasteiger partial charge in [0.2, 0.25) is 0 Å². The predicted molar refractivity (Wildman–Crippen MR) is 135 cm³/mol. The van der Waals surface area contributed by atoms with Crippen molar-refractivity contribution < 1.29 is 24.2 Å². The highest BCUT2D eigenvalue weighted by molar-refractivity contribution is 7.11. The molecule has 7 nitrogen and oxygen atoms in total. The molecular formula is C27H30N2O5S. The molecule has 1 fully saturated rings. The minimum absolute atomic E-state index is 0.0406. The third-order valence-corrected chi connectivity index (χ3v) is 7.13. The van der Waals surface area contributed by atoms with Gasteiger partial charge in [-0.1, -0.05) is 30.3 Å². The first-order chi connectivity index (χ1) is 16.9. The number of carboxylic acid groups (broad SMARTS) is 1. The van der Waals surface area contributed by atoms with Crippen molar-refractivity contribution in [3.05, 3.63) is 74.7 Å². The summed E-state index contributed by atoms with van der Waals surface area (Å²) in [5.41, 5.74) is 2.74. The summed E-state index contributed by atoms with van der Waals surface area (Å²) in [5, 5.41) is 9.99. The van der Waals surface area contributed by atoms with Crippen LogP contribution in [0.5, 0.6) is 11.5 Å². The van der Waals surface area contributed by atoms with Gasteiger partial charge in [-0.2, -0.15) is 0 Å². The van der Waals surface area contributed by atoms with Gasteiger partial charge in [0.25, 0.3) is 5.91 Å². The number of carbonyl (C=O) groups is 2. The lowest BCUT2D eigenvalue weighted by molar-refractivity contribution is 0.0690. The number of aromatic carboxylic acids is 1. The van der Waals surface area contributed by atoms with Gasteiger partial charge < -0.3 is 19.5 Å². The normalized spacial score (nSPS) is 12.9. The van der Waals surface area contributed by atoms with Crippen molar-refractivity contribution in [2.75, 3.05) is 20.8 Å². The summed E-state index contributed by atoms with van der Waals surface area (Å²) >= 11 is 1.31. The van der Waals surface area contributed by atoms with Crippen molar-refractivity contribution in [3.63, 3.8) is 0 Å². The van der Waals surface area contributed by atoms with Crippen LogP contribution >= 0.6 is 11.3 Å². The zero-order chi connectivity index (χ0) is 24.9. The Morgan fingerprint density at radius 2 is 1.77 bits per heavy atom. The van der Waals surface area contributed by atoms with Gasteiger partial charge in [0.05, 0.1) is 20.8 Å². The number of amides is 1. The molecule has 4 rings (SSSR count). The van der Waals surface area contributed by atoms with Crippen LogP contribution in [-0.2, 0) is 13.0 Å². The molecule has 1 heterocycles. The van der Waals surface area contributed by atoms with Crippen LogP contribution in [0.2, 0.25) is 0 Å². The van der Waals surface area contributed by atoms with E-state index in [-0.39, 0.29) is 18.1 Å². The van der Waals surface area contributed by atoms with E-state index in [1.165, 1.54) is 16.9 Å². The van der Waals surface area contributed by atoms with Gasteiger partial charge in [-0.25, -0.2) is 9.78 Å². The number of aryl methyl sites for hydroxylation is 2. The highest BCUT2D eigenvalue weighted by Crippen LogP contribution is 2.49. The summed E-state index contributed by atoms with van der Waals surface area (Å²) < 4.78 is 11.3. The second-order valence-electron chi connectivity index (χ2n) is 8.70. The number of rotatable bonds is 11. The van der Waals surface area contributed by atoms with Gasteiger partial charge >= 0.3 is 5.97 Å². The molecule has 35 heavy (non-hydrogen) atoms. The van der Waals surface area contributed by atoms with Gasteiger partial charge in [-0.05, 0) is 56.2 Å². The number of benzene rings is 2. The van der Waals surface area contributed by atoms with E-state index in [1.807, 2.05) is 18.2 Å². The first kappa shape index (κ1) is 24.7. The monoisotopic (exact) mass is 494 g/mol. The third-order valence-electron chi connectivity index (χ3n) is 6.17. The lowest BCUT2D eigenvalue weighted by Crippen LogP contribution is -2.32. The van der Waals surface area contributed by atoms with E-state index in [1.54, 1.807) is 38.2 Å². The van der Waals surface area contributed by atoms with E-state index in [4.69, 9.17) is 9.47 Å². The molecule has 0 radical (unpaired) electrons. The highest BCUT2D eigenvalue weighted by atomic mass is 32.1. The number of hydrogen-bond donors (Lipinski definition) is 1. The highest BCUT2D eigenvalue weighted by Gasteiger charge is 2.32. The number of carbonyl (C=O) groups excluding carboxylic acids is 1. The standard InChI is InChI=1S/C27H30N2O5S/c1-17-25(27(31)32)28-23(35-17)16-29(13-7-10-18-8-5-4-6-9-18)26(30)20-14-21(33-2)24(19-11-12-19)22(15-20)34-3/h4-6,8-9,14-15,19H,7,10-13,16H2,1-3H3,(H,31,32). The quantitative estimate of drug-likeness (QED) is 0.388. The van der Waals surface area contributed by atoms with Crippen LogP contribution in [0.15, 0.2) is 42.5 Å². The fraction of sp³-hybridized carbons (Fsp3) is 0.370. The molecule has 1 aliphatic carbocycles. The summed E-state index contributed by atoms with van der Waals surface area (Å²) in [7, 11) is 3.22. The molecule has 3 aromatic rings. The van der Waals surface area contributed by atoms with E-state index in [2.05, 4.69) is 17.1 Å². The van der Waals surface area contributed by atoms with Crippen LogP contribution in [0.4, 0.5) is 0 Å². The molecule has 0 aliphatic heterocycles. The molecule has 0 saturated heterocycles. The molecule has 184 valence electrons. The molecule has 1 N–H and O–H groups in total. The zero-order valence-electron chi connectivity index (χ0n) is 20.2. The van der Waals surface area contributed by atoms with Crippen LogP contribution in [-0.4, -0.2) is 47.6 Å². The number of thiazole rings is 1. The van der Waals surface area contributed by atoms with Crippen LogP contribution in [0.25, 0.3) is 0 Å². The molecule has 0 unspecified atom stereocenters. The minimum atomic E-state index is -1.06. The molecule has 1 aliphatic rings. The van der Waals surface area contributed by atoms with Crippen LogP contribution in [0.1, 0.15) is 67.0 Å². The van der Waals surface area contributed by atoms with Crippen molar-refractivity contribution >= 4 is 23.2 Å². The van der Waals surface area contributed by atoms with Gasteiger partial charge in [-0.15, -0.1) is 11.3 Å². The number of ether oxygens (including phenoxy) is 2. The summed E-state index contributed by atoms with van der Waals surface area (Å²) in [6.45, 7) is 2.48. The zero-order valence-corrected chi connectivity index (χ0v) is 21.1. The first-order valence-electron chi connectivity index (χ1n) is 11.7. The van der Waals surface area contributed by atoms with E-state index in [0.717, 1.165) is 31.2 Å². The van der Waals surface area contributed by atoms with Crippen LogP contribution in [0.3, 0.4) is 0 Å². The second-order valence-corrected chi connectivity index (χ2v) is 9.99. The smallest absolute Gasteiger partial charge is 0.355 e. The molecule has 2 aromatic carbocycles. The maximum atomic E-state index is 13.7. The lowest BCUT2D eigenvalue weighted by Gasteiger charge is -2.23. The molecular weight excluding hydrogens is 464 g/mol. The molecule has 1 amide bonds. The van der Waals surface area contributed by atoms with Crippen molar-refractivity contribution in [1.82, 2.24) is 9.88 Å². The van der Waals surface area contributed by atoms with Crippen molar-refractivity contribution in [2.24, 2.45) is 0 Å². The Morgan fingerprint density at radius 3 is 2.31 bits per heavy atom. The SMILES string of the molecule is COc1cc(C(=O)N(CCCc2ccccc2)Cc2nc(C(=O)O)c(C)s2)cc(OC)c1C1CC1. The van der Waals surface area contributed by atoms with E-state index < -0.39 is 5.97 Å². The van der Waals surface area contributed by atoms with Gasteiger partial charge in [0.15, 0.2) is 5.69 Å². The fourth-order valence-electron chi connectivity index (χ4n) is 4.27. The molecule has 0 spiro atoms. The topological polar surface area (TPSA) is 89.0 Å². The largest absolute Gasteiger partial charge is 0.496 e. The summed E-state index contributed by atoms with van der Waals surface area (Å²) in [6, 6.07) is 13.7. The average molecular weight is 495 g/mol. The van der Waals surface area contributed by atoms with E-state index in [0.29, 0.717) is 39.4 Å². The fourth-order valence-corrected chi connectivity index (χ4v) is 5.21. The van der Waals surface area contributed by atoms with Crippen LogP contribution in [0, 0.1) is 6.92 Å². The Morgan fingerprint density at radius 1 is 1.11 bits per heavy atom. The van der Waals surface area contributed by atoms with E-state index >= 15 is 0 Å². The second kappa shape index (κ2) is 10.9. The molecule has 8 heteroatoms. The molecule has 1 saturated carbocycles. The number of aromatic nitrogens is 1. The summed E-state index contributed by atoms with van der Waals surface area (Å²) in [6.07, 6.45) is 3.76. The third kappa shape index (κ3) is 5.82. The number of methoxy groups -OCH3 is 2. The van der Waals surface area contributed by atoms with Gasteiger partial charge in [0.1, 0.15) is 16.5 Å². The van der Waals surface area contributed by atoms with Crippen molar-refractivity contribution in [3.8, 4) is 11.5 Å². The molecule has 0 bridgehead atoms. The van der Waals surface area contributed by atoms with Gasteiger partial charge in [-0.3, -0.25) is 4.79 Å². The Bertz CT molecular complexity index is 1180. The van der Waals surface area contributed by atoms with Crippen molar-refractivity contribution in [2.45, 2.75) is 45.1 Å².